The number of rotatable bonds is 0. The lowest BCUT2D eigenvalue weighted by Gasteiger charge is -2.33. The minimum atomic E-state index is -0.139. The summed E-state index contributed by atoms with van der Waals surface area (Å²) < 4.78 is 0. The molecule has 6 rings (SSSR count). The lowest BCUT2D eigenvalue weighted by atomic mass is 9.68. The van der Waals surface area contributed by atoms with Crippen LogP contribution in [0.1, 0.15) is 42.0 Å². The molecule has 3 aromatic carbocycles. The van der Waals surface area contributed by atoms with Crippen LogP contribution < -0.4 is 0 Å². The van der Waals surface area contributed by atoms with Crippen LogP contribution in [0.3, 0.4) is 0 Å². The average molecular weight is 332 g/mol. The third-order valence-corrected chi connectivity index (χ3v) is 6.51. The first-order valence-electron chi connectivity index (χ1n) is 9.53. The molecule has 0 saturated heterocycles. The van der Waals surface area contributed by atoms with E-state index in [1.165, 1.54) is 45.4 Å². The van der Waals surface area contributed by atoms with E-state index in [0.717, 1.165) is 6.42 Å². The molecule has 0 fully saturated rings. The van der Waals surface area contributed by atoms with Gasteiger partial charge in [-0.3, -0.25) is 0 Å². The first kappa shape index (κ1) is 14.3. The van der Waals surface area contributed by atoms with Crippen molar-refractivity contribution < 1.29 is 0 Å². The Kier molecular flexibility index (Phi) is 2.68. The Morgan fingerprint density at radius 3 is 1.77 bits per heavy atom. The maximum absolute atomic E-state index is 2.47. The predicted molar refractivity (Wildman–Crippen MR) is 108 cm³/mol. The molecule has 124 valence electrons. The molecule has 0 aliphatic heterocycles. The molecule has 0 radical (unpaired) electrons. The molecule has 0 amide bonds. The summed E-state index contributed by atoms with van der Waals surface area (Å²) in [5.41, 5.74) is 13.0. The van der Waals surface area contributed by atoms with Crippen molar-refractivity contribution in [3.63, 3.8) is 0 Å². The van der Waals surface area contributed by atoms with Gasteiger partial charge in [0.15, 0.2) is 0 Å². The highest BCUT2D eigenvalue weighted by Crippen LogP contribution is 2.65. The van der Waals surface area contributed by atoms with Crippen LogP contribution >= 0.6 is 0 Å². The van der Waals surface area contributed by atoms with Gasteiger partial charge in [0.05, 0.1) is 5.41 Å². The van der Waals surface area contributed by atoms with Gasteiger partial charge in [-0.25, -0.2) is 0 Å². The first-order chi connectivity index (χ1) is 12.8. The molecule has 0 N–H and O–H groups in total. The van der Waals surface area contributed by atoms with Gasteiger partial charge >= 0.3 is 0 Å². The van der Waals surface area contributed by atoms with E-state index in [1.807, 2.05) is 0 Å². The molecule has 3 aliphatic carbocycles. The maximum Gasteiger partial charge on any atom is 0.0724 e. The van der Waals surface area contributed by atoms with Gasteiger partial charge in [0.2, 0.25) is 0 Å². The highest BCUT2D eigenvalue weighted by Gasteiger charge is 2.53. The Morgan fingerprint density at radius 2 is 1.15 bits per heavy atom. The van der Waals surface area contributed by atoms with Crippen molar-refractivity contribution in [3.8, 4) is 11.1 Å². The van der Waals surface area contributed by atoms with Crippen LogP contribution in [0, 0.1) is 0 Å². The normalized spacial score (nSPS) is 18.3. The van der Waals surface area contributed by atoms with Gasteiger partial charge in [-0.05, 0) is 64.3 Å². The van der Waals surface area contributed by atoms with E-state index in [9.17, 15) is 0 Å². The minimum Gasteiger partial charge on any atom is -0.0760 e. The van der Waals surface area contributed by atoms with E-state index >= 15 is 0 Å². The molecule has 3 aliphatic rings. The standard InChI is InChI=1S/C26H20/c1-17-9-8-13-21-20-12-4-7-16-24(20)26(25(17)21)22-14-5-2-10-18(22)19-11-3-6-15-23(19)26/h2-7,10-16H,8-9H2,1H3. The van der Waals surface area contributed by atoms with Crippen LogP contribution in [0.5, 0.6) is 0 Å². The van der Waals surface area contributed by atoms with Crippen LogP contribution in [0.15, 0.2) is 90.0 Å². The zero-order valence-electron chi connectivity index (χ0n) is 14.9. The Hall–Kier alpha value is -2.86. The van der Waals surface area contributed by atoms with Crippen LogP contribution in [0.2, 0.25) is 0 Å². The molecular formula is C26H20. The van der Waals surface area contributed by atoms with E-state index in [2.05, 4.69) is 85.8 Å². The Morgan fingerprint density at radius 1 is 0.654 bits per heavy atom. The molecule has 0 nitrogen and oxygen atoms in total. The lowest BCUT2D eigenvalue weighted by Crippen LogP contribution is -2.27. The van der Waals surface area contributed by atoms with E-state index in [-0.39, 0.29) is 5.41 Å². The van der Waals surface area contributed by atoms with E-state index < -0.39 is 0 Å². The third-order valence-electron chi connectivity index (χ3n) is 6.51. The van der Waals surface area contributed by atoms with Gasteiger partial charge in [0.1, 0.15) is 0 Å². The number of hydrogen-bond donors (Lipinski definition) is 0. The molecule has 26 heavy (non-hydrogen) atoms. The first-order valence-corrected chi connectivity index (χ1v) is 9.53. The molecule has 1 spiro atoms. The zero-order chi connectivity index (χ0) is 17.3. The SMILES string of the molecule is CC1=C2C(=CCC1)c1ccccc1C21c2ccccc2-c2ccccc21. The molecule has 0 heterocycles. The van der Waals surface area contributed by atoms with Gasteiger partial charge in [0, 0.05) is 0 Å². The summed E-state index contributed by atoms with van der Waals surface area (Å²) in [6, 6.07) is 27.1. The largest absolute Gasteiger partial charge is 0.0760 e. The molecule has 0 atom stereocenters. The molecule has 3 aromatic rings. The second-order valence-corrected chi connectivity index (χ2v) is 7.70. The molecular weight excluding hydrogens is 312 g/mol. The van der Waals surface area contributed by atoms with Crippen molar-refractivity contribution in [3.05, 3.63) is 112 Å². The summed E-state index contributed by atoms with van der Waals surface area (Å²) in [6.07, 6.45) is 4.79. The van der Waals surface area contributed by atoms with Crippen LogP contribution in [-0.4, -0.2) is 0 Å². The van der Waals surface area contributed by atoms with Gasteiger partial charge in [0.25, 0.3) is 0 Å². The summed E-state index contributed by atoms with van der Waals surface area (Å²) in [5, 5.41) is 0. The van der Waals surface area contributed by atoms with Gasteiger partial charge in [-0.1, -0.05) is 84.4 Å². The summed E-state index contributed by atoms with van der Waals surface area (Å²) in [7, 11) is 0. The highest BCUT2D eigenvalue weighted by molar-refractivity contribution is 6.00. The summed E-state index contributed by atoms with van der Waals surface area (Å²) in [6.45, 7) is 2.35. The Labute approximate surface area is 154 Å². The number of allylic oxidation sites excluding steroid dienone is 4. The zero-order valence-corrected chi connectivity index (χ0v) is 14.9. The van der Waals surface area contributed by atoms with Gasteiger partial charge in [-0.2, -0.15) is 0 Å². The second kappa shape index (κ2) is 4.86. The monoisotopic (exact) mass is 332 g/mol. The third kappa shape index (κ3) is 1.48. The number of hydrogen-bond acceptors (Lipinski definition) is 0. The molecule has 0 aromatic heterocycles. The quantitative estimate of drug-likeness (QED) is 0.440. The number of fused-ring (bicyclic) bond motifs is 10. The second-order valence-electron chi connectivity index (χ2n) is 7.70. The smallest absolute Gasteiger partial charge is 0.0724 e. The van der Waals surface area contributed by atoms with E-state index in [0.29, 0.717) is 0 Å². The van der Waals surface area contributed by atoms with E-state index in [1.54, 1.807) is 11.1 Å². The Bertz CT molecular complexity index is 1090. The molecule has 0 bridgehead atoms. The predicted octanol–water partition coefficient (Wildman–Crippen LogP) is 6.51. The fraction of sp³-hybridized carbons (Fsp3) is 0.154. The van der Waals surface area contributed by atoms with Gasteiger partial charge in [-0.15, -0.1) is 0 Å². The summed E-state index contributed by atoms with van der Waals surface area (Å²) in [4.78, 5) is 0. The fourth-order valence-corrected chi connectivity index (χ4v) is 5.63. The maximum atomic E-state index is 2.47. The average Bonchev–Trinajstić information content (AvgIpc) is 3.16. The summed E-state index contributed by atoms with van der Waals surface area (Å²) in [5.74, 6) is 0. The minimum absolute atomic E-state index is 0.139. The van der Waals surface area contributed by atoms with Gasteiger partial charge < -0.3 is 0 Å². The fourth-order valence-electron chi connectivity index (χ4n) is 5.63. The summed E-state index contributed by atoms with van der Waals surface area (Å²) >= 11 is 0. The highest BCUT2D eigenvalue weighted by atomic mass is 14.5. The molecule has 0 saturated carbocycles. The van der Waals surface area contributed by atoms with Crippen molar-refractivity contribution >= 4 is 5.57 Å². The topological polar surface area (TPSA) is 0 Å². The van der Waals surface area contributed by atoms with Crippen LogP contribution in [-0.2, 0) is 5.41 Å². The van der Waals surface area contributed by atoms with E-state index in [4.69, 9.17) is 0 Å². The van der Waals surface area contributed by atoms with Crippen molar-refractivity contribution in [1.29, 1.82) is 0 Å². The number of benzene rings is 3. The van der Waals surface area contributed by atoms with Crippen LogP contribution in [0.25, 0.3) is 16.7 Å². The van der Waals surface area contributed by atoms with Crippen molar-refractivity contribution in [2.24, 2.45) is 0 Å². The molecule has 0 unspecified atom stereocenters. The Balaban J connectivity index is 1.87. The van der Waals surface area contributed by atoms with Crippen molar-refractivity contribution in [2.75, 3.05) is 0 Å². The van der Waals surface area contributed by atoms with Crippen molar-refractivity contribution in [2.45, 2.75) is 25.2 Å². The van der Waals surface area contributed by atoms with Crippen molar-refractivity contribution in [1.82, 2.24) is 0 Å². The lowest BCUT2D eigenvalue weighted by molar-refractivity contribution is 0.765. The van der Waals surface area contributed by atoms with Crippen LogP contribution in [0.4, 0.5) is 0 Å². The molecule has 0 heteroatoms.